The number of piperazine rings is 1. The summed E-state index contributed by atoms with van der Waals surface area (Å²) in [7, 11) is 2.19. The van der Waals surface area contributed by atoms with Crippen molar-refractivity contribution in [3.63, 3.8) is 0 Å². The highest BCUT2D eigenvalue weighted by Gasteiger charge is 2.36. The van der Waals surface area contributed by atoms with Gasteiger partial charge in [-0.05, 0) is 56.3 Å². The van der Waals surface area contributed by atoms with Crippen molar-refractivity contribution in [1.82, 2.24) is 9.80 Å². The molecule has 146 valence electrons. The fourth-order valence-corrected chi connectivity index (χ4v) is 3.99. The van der Waals surface area contributed by atoms with E-state index >= 15 is 0 Å². The van der Waals surface area contributed by atoms with Crippen LogP contribution in [-0.4, -0.2) is 48.1 Å². The molecule has 4 rings (SSSR count). The van der Waals surface area contributed by atoms with Crippen LogP contribution >= 0.6 is 0 Å². The van der Waals surface area contributed by atoms with Crippen molar-refractivity contribution in [3.8, 4) is 5.75 Å². The highest BCUT2D eigenvalue weighted by molar-refractivity contribution is 5.71. The van der Waals surface area contributed by atoms with Gasteiger partial charge in [-0.1, -0.05) is 31.0 Å². The van der Waals surface area contributed by atoms with Crippen LogP contribution in [0, 0.1) is 0 Å². The molecule has 0 N–H and O–H groups in total. The topological polar surface area (TPSA) is 57.5 Å². The number of fused-ring (bicyclic) bond motifs is 2. The third-order valence-electron chi connectivity index (χ3n) is 5.68. The molecule has 6 heteroatoms. The van der Waals surface area contributed by atoms with Gasteiger partial charge in [-0.2, -0.15) is 10.2 Å². The molecular weight excluding hydrogens is 352 g/mol. The van der Waals surface area contributed by atoms with E-state index in [0.717, 1.165) is 31.6 Å². The summed E-state index contributed by atoms with van der Waals surface area (Å²) in [5.74, 6) is 0.533. The highest BCUT2D eigenvalue weighted by Crippen LogP contribution is 2.27. The number of amides is 1. The van der Waals surface area contributed by atoms with E-state index in [9.17, 15) is 4.79 Å². The minimum atomic E-state index is -0.260. The van der Waals surface area contributed by atoms with Gasteiger partial charge in [0.2, 0.25) is 0 Å². The van der Waals surface area contributed by atoms with E-state index in [-0.39, 0.29) is 6.09 Å². The van der Waals surface area contributed by atoms with Gasteiger partial charge < -0.3 is 9.64 Å². The number of ether oxygens (including phenoxy) is 1. The Labute approximate surface area is 165 Å². The van der Waals surface area contributed by atoms with Crippen LogP contribution in [0.2, 0.25) is 0 Å². The van der Waals surface area contributed by atoms with Gasteiger partial charge in [-0.3, -0.25) is 4.90 Å². The largest absolute Gasteiger partial charge is 0.415 e. The highest BCUT2D eigenvalue weighted by atomic mass is 16.6. The van der Waals surface area contributed by atoms with Gasteiger partial charge in [-0.25, -0.2) is 4.79 Å². The summed E-state index contributed by atoms with van der Waals surface area (Å²) in [6.45, 7) is 1.49. The molecule has 2 saturated heterocycles. The fourth-order valence-electron chi connectivity index (χ4n) is 3.99. The fraction of sp³-hybridized carbons (Fsp3) is 0.409. The molecule has 0 aromatic heterocycles. The predicted molar refractivity (Wildman–Crippen MR) is 108 cm³/mol. The Morgan fingerprint density at radius 1 is 0.893 bits per heavy atom. The molecule has 0 radical (unpaired) electrons. The van der Waals surface area contributed by atoms with Crippen molar-refractivity contribution in [2.24, 2.45) is 10.2 Å². The number of carbonyl (C=O) groups excluding carboxylic acids is 1. The molecule has 2 heterocycles. The van der Waals surface area contributed by atoms with Crippen LogP contribution in [-0.2, 0) is 0 Å². The van der Waals surface area contributed by atoms with Crippen LogP contribution in [0.1, 0.15) is 25.7 Å². The monoisotopic (exact) mass is 378 g/mol. The summed E-state index contributed by atoms with van der Waals surface area (Å²) in [6, 6.07) is 17.6. The van der Waals surface area contributed by atoms with Crippen molar-refractivity contribution in [2.75, 3.05) is 20.1 Å². The van der Waals surface area contributed by atoms with Crippen LogP contribution in [0.5, 0.6) is 5.75 Å². The van der Waals surface area contributed by atoms with Crippen LogP contribution in [0.15, 0.2) is 64.8 Å². The molecule has 2 unspecified atom stereocenters. The third-order valence-corrected chi connectivity index (χ3v) is 5.68. The molecule has 28 heavy (non-hydrogen) atoms. The normalized spacial score (nSPS) is 22.8. The number of rotatable bonds is 3. The minimum Gasteiger partial charge on any atom is -0.410 e. The Hall–Kier alpha value is -2.73. The molecule has 0 saturated carbocycles. The quantitative estimate of drug-likeness (QED) is 0.693. The molecule has 2 aromatic carbocycles. The number of carbonyl (C=O) groups is 1. The van der Waals surface area contributed by atoms with Crippen LogP contribution in [0.3, 0.4) is 0 Å². The second-order valence-electron chi connectivity index (χ2n) is 7.56. The molecule has 0 spiro atoms. The van der Waals surface area contributed by atoms with Gasteiger partial charge in [0.05, 0.1) is 11.4 Å². The summed E-state index contributed by atoms with van der Waals surface area (Å²) in [6.07, 6.45) is 4.53. The number of azo groups is 1. The number of nitrogens with zero attached hydrogens (tertiary/aromatic N) is 4. The van der Waals surface area contributed by atoms with Crippen LogP contribution in [0.25, 0.3) is 0 Å². The smallest absolute Gasteiger partial charge is 0.410 e. The first-order valence-electron chi connectivity index (χ1n) is 9.94. The maximum absolute atomic E-state index is 12.7. The standard InChI is InChI=1S/C22H26N4O2/c1-25-19-9-5-6-10-20(25)16-26(15-19)22(27)28-21-13-11-18(12-14-21)24-23-17-7-3-2-4-8-17/h2-4,7-8,11-14,19-20H,5-6,9-10,15-16H2,1H3. The maximum Gasteiger partial charge on any atom is 0.415 e. The average molecular weight is 378 g/mol. The van der Waals surface area contributed by atoms with E-state index in [1.54, 1.807) is 24.3 Å². The van der Waals surface area contributed by atoms with Crippen molar-refractivity contribution in [2.45, 2.75) is 37.8 Å². The van der Waals surface area contributed by atoms with E-state index in [0.29, 0.717) is 23.5 Å². The lowest BCUT2D eigenvalue weighted by Crippen LogP contribution is -2.58. The van der Waals surface area contributed by atoms with E-state index in [2.05, 4.69) is 22.2 Å². The van der Waals surface area contributed by atoms with E-state index < -0.39 is 0 Å². The van der Waals surface area contributed by atoms with Crippen molar-refractivity contribution < 1.29 is 9.53 Å². The second-order valence-corrected chi connectivity index (χ2v) is 7.56. The van der Waals surface area contributed by atoms with Crippen LogP contribution in [0.4, 0.5) is 16.2 Å². The molecular formula is C22H26N4O2. The number of hydrogen-bond acceptors (Lipinski definition) is 5. The van der Waals surface area contributed by atoms with Crippen molar-refractivity contribution >= 4 is 17.5 Å². The lowest BCUT2D eigenvalue weighted by atomic mass is 10.1. The Morgan fingerprint density at radius 2 is 1.46 bits per heavy atom. The summed E-state index contributed by atoms with van der Waals surface area (Å²) < 4.78 is 5.61. The zero-order valence-electron chi connectivity index (χ0n) is 16.2. The Kier molecular flexibility index (Phi) is 5.67. The lowest BCUT2D eigenvalue weighted by Gasteiger charge is -2.43. The predicted octanol–water partition coefficient (Wildman–Crippen LogP) is 5.16. The zero-order valence-corrected chi connectivity index (χ0v) is 16.2. The number of hydrogen-bond donors (Lipinski definition) is 0. The van der Waals surface area contributed by atoms with Gasteiger partial charge in [0.25, 0.3) is 0 Å². The third kappa shape index (κ3) is 4.39. The lowest BCUT2D eigenvalue weighted by molar-refractivity contribution is 0.0495. The molecule has 2 aliphatic heterocycles. The van der Waals surface area contributed by atoms with Crippen LogP contribution < -0.4 is 4.74 Å². The minimum absolute atomic E-state index is 0.260. The van der Waals surface area contributed by atoms with E-state index in [4.69, 9.17) is 4.74 Å². The summed E-state index contributed by atoms with van der Waals surface area (Å²) in [4.78, 5) is 17.0. The molecule has 2 aliphatic rings. The Morgan fingerprint density at radius 3 is 2.07 bits per heavy atom. The molecule has 2 fully saturated rings. The van der Waals surface area contributed by atoms with Gasteiger partial charge in [-0.15, -0.1) is 0 Å². The molecule has 1 amide bonds. The van der Waals surface area contributed by atoms with Crippen molar-refractivity contribution in [3.05, 3.63) is 54.6 Å². The van der Waals surface area contributed by atoms with Gasteiger partial charge in [0, 0.05) is 25.2 Å². The summed E-state index contributed by atoms with van der Waals surface area (Å²) in [5.41, 5.74) is 1.52. The Bertz CT molecular complexity index is 806. The zero-order chi connectivity index (χ0) is 19.3. The van der Waals surface area contributed by atoms with E-state index in [1.165, 1.54) is 12.8 Å². The molecule has 0 aliphatic carbocycles. The van der Waals surface area contributed by atoms with Crippen molar-refractivity contribution in [1.29, 1.82) is 0 Å². The SMILES string of the molecule is CN1C2CCCCC1CN(C(=O)Oc1ccc(N=Nc3ccccc3)cc1)C2. The second kappa shape index (κ2) is 8.52. The molecule has 2 atom stereocenters. The molecule has 2 bridgehead atoms. The first kappa shape index (κ1) is 18.6. The number of benzene rings is 2. The average Bonchev–Trinajstić information content (AvgIpc) is 2.82. The van der Waals surface area contributed by atoms with Gasteiger partial charge in [0.1, 0.15) is 5.75 Å². The molecule has 6 nitrogen and oxygen atoms in total. The number of likely N-dealkylation sites (N-methyl/N-ethyl adjacent to an activating group) is 1. The summed E-state index contributed by atoms with van der Waals surface area (Å²) >= 11 is 0. The van der Waals surface area contributed by atoms with Gasteiger partial charge >= 0.3 is 6.09 Å². The molecule has 2 aromatic rings. The Balaban J connectivity index is 1.36. The first-order valence-corrected chi connectivity index (χ1v) is 9.94. The summed E-state index contributed by atoms with van der Waals surface area (Å²) in [5, 5.41) is 8.41. The van der Waals surface area contributed by atoms with Gasteiger partial charge in [0.15, 0.2) is 0 Å². The maximum atomic E-state index is 12.7. The first-order chi connectivity index (χ1) is 13.7. The van der Waals surface area contributed by atoms with E-state index in [1.807, 2.05) is 35.2 Å².